The highest BCUT2D eigenvalue weighted by Crippen LogP contribution is 2.25. The summed E-state index contributed by atoms with van der Waals surface area (Å²) >= 11 is 5.89. The number of carboxylic acids is 1. The van der Waals surface area contributed by atoms with Crippen LogP contribution < -0.4 is 5.56 Å². The molecule has 0 saturated carbocycles. The molecular weight excluding hydrogens is 270 g/mol. The van der Waals surface area contributed by atoms with Gasteiger partial charge in [-0.15, -0.1) is 0 Å². The molecule has 2 N–H and O–H groups in total. The van der Waals surface area contributed by atoms with Crippen molar-refractivity contribution >= 4 is 39.4 Å². The Hall–Kier alpha value is -2.34. The van der Waals surface area contributed by atoms with Gasteiger partial charge in [-0.3, -0.25) is 9.59 Å². The van der Waals surface area contributed by atoms with Gasteiger partial charge in [0.1, 0.15) is 12.1 Å². The van der Waals surface area contributed by atoms with Crippen LogP contribution in [-0.2, 0) is 11.3 Å². The first-order valence-electron chi connectivity index (χ1n) is 5.45. The van der Waals surface area contributed by atoms with Crippen molar-refractivity contribution in [2.24, 2.45) is 0 Å². The maximum absolute atomic E-state index is 12.1. The number of H-pyrrole nitrogens is 1. The number of hydrogen-bond donors (Lipinski definition) is 2. The molecule has 0 aliphatic rings. The predicted molar refractivity (Wildman–Crippen MR) is 70.5 cm³/mol. The molecule has 0 radical (unpaired) electrons. The molecule has 3 rings (SSSR count). The van der Waals surface area contributed by atoms with E-state index in [1.54, 1.807) is 18.2 Å². The van der Waals surface area contributed by atoms with Crippen LogP contribution in [0.5, 0.6) is 0 Å². The molecule has 0 saturated heterocycles. The zero-order valence-electron chi connectivity index (χ0n) is 9.55. The van der Waals surface area contributed by atoms with E-state index in [1.165, 1.54) is 6.20 Å². The van der Waals surface area contributed by atoms with Gasteiger partial charge >= 0.3 is 5.97 Å². The summed E-state index contributed by atoms with van der Waals surface area (Å²) in [5.74, 6) is -1.12. The van der Waals surface area contributed by atoms with E-state index >= 15 is 0 Å². The van der Waals surface area contributed by atoms with Gasteiger partial charge in [0.25, 0.3) is 5.56 Å². The number of fused-ring (bicyclic) bond motifs is 3. The van der Waals surface area contributed by atoms with Crippen LogP contribution in [0.25, 0.3) is 21.8 Å². The van der Waals surface area contributed by atoms with Gasteiger partial charge in [-0.05, 0) is 12.1 Å². The lowest BCUT2D eigenvalue weighted by molar-refractivity contribution is -0.137. The molecule has 19 heavy (non-hydrogen) atoms. The number of aliphatic carboxylic acids is 1. The Balaban J connectivity index is 2.34. The van der Waals surface area contributed by atoms with Gasteiger partial charge in [-0.1, -0.05) is 17.7 Å². The number of aromatic nitrogens is 3. The third-order valence-corrected chi connectivity index (χ3v) is 3.10. The fourth-order valence-corrected chi connectivity index (χ4v) is 2.22. The first kappa shape index (κ1) is 11.7. The van der Waals surface area contributed by atoms with Gasteiger partial charge in [0.2, 0.25) is 0 Å². The summed E-state index contributed by atoms with van der Waals surface area (Å²) in [5.41, 5.74) is 0.579. The number of carboxylic acid groups (broad SMARTS) is 1. The fraction of sp³-hybridized carbons (Fsp3) is 0.0833. The summed E-state index contributed by atoms with van der Waals surface area (Å²) in [6.07, 6.45) is 1.48. The quantitative estimate of drug-likeness (QED) is 0.745. The third kappa shape index (κ3) is 1.86. The highest BCUT2D eigenvalue weighted by Gasteiger charge is 2.12. The fourth-order valence-electron chi connectivity index (χ4n) is 2.04. The van der Waals surface area contributed by atoms with Crippen LogP contribution in [0.1, 0.15) is 0 Å². The lowest BCUT2D eigenvalue weighted by Gasteiger charge is -1.99. The molecule has 2 heterocycles. The molecule has 0 aliphatic carbocycles. The second kappa shape index (κ2) is 4.10. The number of nitrogens with one attached hydrogen (secondary N) is 1. The van der Waals surface area contributed by atoms with Crippen molar-refractivity contribution in [3.05, 3.63) is 39.8 Å². The molecule has 0 unspecified atom stereocenters. The maximum atomic E-state index is 12.1. The van der Waals surface area contributed by atoms with Crippen molar-refractivity contribution < 1.29 is 9.90 Å². The number of halogens is 1. The topological polar surface area (TPSA) is 88.0 Å². The largest absolute Gasteiger partial charge is 0.480 e. The molecule has 0 aliphatic heterocycles. The smallest absolute Gasteiger partial charge is 0.325 e. The van der Waals surface area contributed by atoms with E-state index < -0.39 is 18.1 Å². The van der Waals surface area contributed by atoms with Gasteiger partial charge in [0.15, 0.2) is 0 Å². The Kier molecular flexibility index (Phi) is 2.53. The Bertz CT molecular complexity index is 866. The molecule has 1 aromatic carbocycles. The number of carbonyl (C=O) groups is 1. The number of benzene rings is 1. The number of aromatic amines is 1. The minimum absolute atomic E-state index is 0.327. The van der Waals surface area contributed by atoms with E-state index in [1.807, 2.05) is 0 Å². The Labute approximate surface area is 111 Å². The Morgan fingerprint density at radius 3 is 2.95 bits per heavy atom. The highest BCUT2D eigenvalue weighted by atomic mass is 35.5. The second-order valence-electron chi connectivity index (χ2n) is 4.10. The lowest BCUT2D eigenvalue weighted by atomic mass is 10.2. The standard InChI is InChI=1S/C12H8ClN3O3/c13-6-1-2-7-8-4-14-16(5-10(17)18)12(19)11(8)15-9(7)3-6/h1-4,15H,5H2,(H,17,18). The van der Waals surface area contributed by atoms with E-state index in [0.29, 0.717) is 15.9 Å². The molecule has 6 nitrogen and oxygen atoms in total. The average Bonchev–Trinajstić information content (AvgIpc) is 2.70. The first-order chi connectivity index (χ1) is 9.06. The molecule has 96 valence electrons. The third-order valence-electron chi connectivity index (χ3n) is 2.86. The predicted octanol–water partition coefficient (Wildman–Crippen LogP) is 1.62. The zero-order chi connectivity index (χ0) is 13.6. The van der Waals surface area contributed by atoms with Crippen LogP contribution in [0.4, 0.5) is 0 Å². The summed E-state index contributed by atoms with van der Waals surface area (Å²) < 4.78 is 0.904. The molecular formula is C12H8ClN3O3. The molecule has 0 bridgehead atoms. The summed E-state index contributed by atoms with van der Waals surface area (Å²) in [7, 11) is 0. The van der Waals surface area contributed by atoms with Crippen molar-refractivity contribution in [1.29, 1.82) is 0 Å². The van der Waals surface area contributed by atoms with Crippen molar-refractivity contribution in [1.82, 2.24) is 14.8 Å². The van der Waals surface area contributed by atoms with E-state index in [4.69, 9.17) is 16.7 Å². The summed E-state index contributed by atoms with van der Waals surface area (Å²) in [6, 6.07) is 5.22. The molecule has 3 aromatic rings. The second-order valence-corrected chi connectivity index (χ2v) is 4.54. The molecule has 0 spiro atoms. The van der Waals surface area contributed by atoms with E-state index in [2.05, 4.69) is 10.1 Å². The van der Waals surface area contributed by atoms with Crippen LogP contribution in [0, 0.1) is 0 Å². The summed E-state index contributed by atoms with van der Waals surface area (Å²) in [4.78, 5) is 25.7. The van der Waals surface area contributed by atoms with Crippen molar-refractivity contribution in [3.8, 4) is 0 Å². The molecule has 0 amide bonds. The number of nitrogens with zero attached hydrogens (tertiary/aromatic N) is 2. The van der Waals surface area contributed by atoms with Crippen molar-refractivity contribution in [2.45, 2.75) is 6.54 Å². The number of hydrogen-bond acceptors (Lipinski definition) is 3. The van der Waals surface area contributed by atoms with Crippen molar-refractivity contribution in [3.63, 3.8) is 0 Å². The molecule has 0 fully saturated rings. The van der Waals surface area contributed by atoms with Crippen LogP contribution in [0.2, 0.25) is 5.02 Å². The zero-order valence-corrected chi connectivity index (χ0v) is 10.3. The Morgan fingerprint density at radius 1 is 1.42 bits per heavy atom. The minimum atomic E-state index is -1.12. The highest BCUT2D eigenvalue weighted by molar-refractivity contribution is 6.31. The van der Waals surface area contributed by atoms with Gasteiger partial charge in [-0.2, -0.15) is 5.10 Å². The molecule has 0 atom stereocenters. The molecule has 7 heteroatoms. The van der Waals surface area contributed by atoms with Crippen LogP contribution in [-0.4, -0.2) is 25.8 Å². The monoisotopic (exact) mass is 277 g/mol. The van der Waals surface area contributed by atoms with E-state index in [9.17, 15) is 9.59 Å². The van der Waals surface area contributed by atoms with Crippen molar-refractivity contribution in [2.75, 3.05) is 0 Å². The van der Waals surface area contributed by atoms with Crippen LogP contribution in [0.3, 0.4) is 0 Å². The van der Waals surface area contributed by atoms with Gasteiger partial charge < -0.3 is 10.1 Å². The normalized spacial score (nSPS) is 11.2. The Morgan fingerprint density at radius 2 is 2.21 bits per heavy atom. The van der Waals surface area contributed by atoms with Gasteiger partial charge in [-0.25, -0.2) is 4.68 Å². The van der Waals surface area contributed by atoms with Crippen LogP contribution >= 0.6 is 11.6 Å². The summed E-state index contributed by atoms with van der Waals surface area (Å²) in [6.45, 7) is -0.467. The number of rotatable bonds is 2. The van der Waals surface area contributed by atoms with Gasteiger partial charge in [0.05, 0.1) is 6.20 Å². The summed E-state index contributed by atoms with van der Waals surface area (Å²) in [5, 5.41) is 14.6. The minimum Gasteiger partial charge on any atom is -0.480 e. The average molecular weight is 278 g/mol. The maximum Gasteiger partial charge on any atom is 0.325 e. The van der Waals surface area contributed by atoms with E-state index in [-0.39, 0.29) is 0 Å². The lowest BCUT2D eigenvalue weighted by Crippen LogP contribution is -2.26. The van der Waals surface area contributed by atoms with E-state index in [0.717, 1.165) is 15.6 Å². The first-order valence-corrected chi connectivity index (χ1v) is 5.83. The SMILES string of the molecule is O=C(O)Cn1ncc2c([nH]c3cc(Cl)ccc32)c1=O. The van der Waals surface area contributed by atoms with Crippen LogP contribution in [0.15, 0.2) is 29.2 Å². The van der Waals surface area contributed by atoms with Gasteiger partial charge in [0, 0.05) is 21.3 Å². The molecule has 2 aromatic heterocycles.